The maximum absolute atomic E-state index is 11.3. The topological polar surface area (TPSA) is 96.0 Å². The first kappa shape index (κ1) is 11.7. The minimum atomic E-state index is -0.581. The predicted octanol–water partition coefficient (Wildman–Crippen LogP) is 0.368. The Morgan fingerprint density at radius 2 is 1.88 bits per heavy atom. The molecule has 5 heteroatoms. The molecule has 0 aliphatic heterocycles. The lowest BCUT2D eigenvalue weighted by Gasteiger charge is -2.02. The molecule has 0 saturated heterocycles. The van der Waals surface area contributed by atoms with E-state index in [0.717, 1.165) is 5.56 Å². The number of nitrogens with two attached hydrogens (primary N) is 1. The highest BCUT2D eigenvalue weighted by Gasteiger charge is 2.07. The van der Waals surface area contributed by atoms with E-state index in [1.54, 1.807) is 30.3 Å². The zero-order chi connectivity index (χ0) is 12.0. The van der Waals surface area contributed by atoms with E-state index in [4.69, 9.17) is 11.0 Å². The Hall–Kier alpha value is -2.35. The van der Waals surface area contributed by atoms with Crippen molar-refractivity contribution in [2.75, 3.05) is 5.73 Å². The molecule has 0 bridgehead atoms. The number of hydrogen-bond acceptors (Lipinski definition) is 4. The van der Waals surface area contributed by atoms with Crippen molar-refractivity contribution in [2.45, 2.75) is 12.8 Å². The van der Waals surface area contributed by atoms with E-state index in [2.05, 4.69) is 5.32 Å². The Morgan fingerprint density at radius 1 is 1.25 bits per heavy atom. The lowest BCUT2D eigenvalue weighted by Crippen LogP contribution is -2.31. The van der Waals surface area contributed by atoms with Crippen molar-refractivity contribution >= 4 is 17.5 Å². The number of nitriles is 1. The summed E-state index contributed by atoms with van der Waals surface area (Å²) < 4.78 is 0. The molecule has 1 aromatic rings. The number of rotatable bonds is 3. The monoisotopic (exact) mass is 217 g/mol. The van der Waals surface area contributed by atoms with Gasteiger partial charge in [-0.25, -0.2) is 0 Å². The number of amides is 2. The van der Waals surface area contributed by atoms with Crippen LogP contribution >= 0.6 is 0 Å². The van der Waals surface area contributed by atoms with Crippen LogP contribution < -0.4 is 11.1 Å². The average Bonchev–Trinajstić information content (AvgIpc) is 2.21. The molecule has 5 nitrogen and oxygen atoms in total. The standard InChI is InChI=1S/C11H11N3O2/c12-6-5-10(15)14-11(16)7-8-1-3-9(13)4-2-8/h1-4H,5,7,13H2,(H,14,15,16). The van der Waals surface area contributed by atoms with Gasteiger partial charge in [0.05, 0.1) is 12.5 Å². The summed E-state index contributed by atoms with van der Waals surface area (Å²) in [7, 11) is 0. The summed E-state index contributed by atoms with van der Waals surface area (Å²) in [4.78, 5) is 22.2. The van der Waals surface area contributed by atoms with Crippen LogP contribution in [0.3, 0.4) is 0 Å². The highest BCUT2D eigenvalue weighted by molar-refractivity contribution is 5.96. The smallest absolute Gasteiger partial charge is 0.240 e. The predicted molar refractivity (Wildman–Crippen MR) is 57.9 cm³/mol. The Morgan fingerprint density at radius 3 is 2.44 bits per heavy atom. The quantitative estimate of drug-likeness (QED) is 0.715. The number of carbonyl (C=O) groups is 2. The molecule has 1 rings (SSSR count). The third kappa shape index (κ3) is 3.80. The van der Waals surface area contributed by atoms with Gasteiger partial charge in [-0.15, -0.1) is 0 Å². The number of nitrogens with zero attached hydrogens (tertiary/aromatic N) is 1. The van der Waals surface area contributed by atoms with Crippen LogP contribution in [0.5, 0.6) is 0 Å². The fraction of sp³-hybridized carbons (Fsp3) is 0.182. The Labute approximate surface area is 92.9 Å². The zero-order valence-electron chi connectivity index (χ0n) is 8.56. The van der Waals surface area contributed by atoms with Crippen molar-refractivity contribution in [3.05, 3.63) is 29.8 Å². The number of nitrogen functional groups attached to an aromatic ring is 1. The molecule has 16 heavy (non-hydrogen) atoms. The molecule has 0 heterocycles. The van der Waals surface area contributed by atoms with Crippen LogP contribution in [0.25, 0.3) is 0 Å². The molecule has 82 valence electrons. The zero-order valence-corrected chi connectivity index (χ0v) is 8.56. The molecular formula is C11H11N3O2. The second-order valence-electron chi connectivity index (χ2n) is 3.22. The fourth-order valence-corrected chi connectivity index (χ4v) is 1.14. The van der Waals surface area contributed by atoms with Crippen molar-refractivity contribution in [1.29, 1.82) is 5.26 Å². The third-order valence-corrected chi connectivity index (χ3v) is 1.86. The molecular weight excluding hydrogens is 206 g/mol. The first-order chi connectivity index (χ1) is 7.61. The number of carbonyl (C=O) groups excluding carboxylic acids is 2. The third-order valence-electron chi connectivity index (χ3n) is 1.86. The largest absolute Gasteiger partial charge is 0.399 e. The molecule has 0 atom stereocenters. The lowest BCUT2D eigenvalue weighted by molar-refractivity contribution is -0.129. The van der Waals surface area contributed by atoms with Crippen LogP contribution in [0.1, 0.15) is 12.0 Å². The van der Waals surface area contributed by atoms with Gasteiger partial charge < -0.3 is 5.73 Å². The first-order valence-electron chi connectivity index (χ1n) is 4.66. The van der Waals surface area contributed by atoms with Crippen molar-refractivity contribution in [1.82, 2.24) is 5.32 Å². The van der Waals surface area contributed by atoms with E-state index in [1.165, 1.54) is 0 Å². The van der Waals surface area contributed by atoms with Gasteiger partial charge in [-0.1, -0.05) is 12.1 Å². The Balaban J connectivity index is 2.49. The van der Waals surface area contributed by atoms with Gasteiger partial charge in [-0.2, -0.15) is 5.26 Å². The summed E-state index contributed by atoms with van der Waals surface area (Å²) in [5.41, 5.74) is 6.86. The van der Waals surface area contributed by atoms with Crippen molar-refractivity contribution < 1.29 is 9.59 Å². The molecule has 0 unspecified atom stereocenters. The van der Waals surface area contributed by atoms with Gasteiger partial charge in [0, 0.05) is 5.69 Å². The Bertz CT molecular complexity index is 432. The normalized spacial score (nSPS) is 9.19. The van der Waals surface area contributed by atoms with Gasteiger partial charge in [0.2, 0.25) is 11.8 Å². The minimum absolute atomic E-state index is 0.0947. The van der Waals surface area contributed by atoms with Crippen LogP contribution in [0.4, 0.5) is 5.69 Å². The number of imide groups is 1. The highest BCUT2D eigenvalue weighted by atomic mass is 16.2. The second-order valence-corrected chi connectivity index (χ2v) is 3.22. The van der Waals surface area contributed by atoms with Gasteiger partial charge in [-0.05, 0) is 17.7 Å². The second kappa shape index (κ2) is 5.51. The summed E-state index contributed by atoms with van der Waals surface area (Å²) in [6, 6.07) is 8.45. The number of hydrogen-bond donors (Lipinski definition) is 2. The van der Waals surface area contributed by atoms with E-state index in [-0.39, 0.29) is 12.8 Å². The molecule has 2 amide bonds. The summed E-state index contributed by atoms with van der Waals surface area (Å²) in [5, 5.41) is 10.3. The summed E-state index contributed by atoms with van der Waals surface area (Å²) in [6.45, 7) is 0. The van der Waals surface area contributed by atoms with Gasteiger partial charge in [-0.3, -0.25) is 14.9 Å². The molecule has 0 aliphatic carbocycles. The number of anilines is 1. The summed E-state index contributed by atoms with van der Waals surface area (Å²) >= 11 is 0. The first-order valence-corrected chi connectivity index (χ1v) is 4.66. The molecule has 1 aromatic carbocycles. The van der Waals surface area contributed by atoms with Gasteiger partial charge in [0.15, 0.2) is 0 Å². The molecule has 0 saturated carbocycles. The maximum atomic E-state index is 11.3. The highest BCUT2D eigenvalue weighted by Crippen LogP contribution is 2.05. The molecule has 0 radical (unpaired) electrons. The fourth-order valence-electron chi connectivity index (χ4n) is 1.14. The minimum Gasteiger partial charge on any atom is -0.399 e. The van der Waals surface area contributed by atoms with E-state index in [0.29, 0.717) is 5.69 Å². The van der Waals surface area contributed by atoms with Crippen LogP contribution in [0.15, 0.2) is 24.3 Å². The van der Waals surface area contributed by atoms with Crippen LogP contribution in [0.2, 0.25) is 0 Å². The van der Waals surface area contributed by atoms with Crippen LogP contribution in [-0.2, 0) is 16.0 Å². The van der Waals surface area contributed by atoms with Gasteiger partial charge in [0.25, 0.3) is 0 Å². The SMILES string of the molecule is N#CCC(=O)NC(=O)Cc1ccc(N)cc1. The molecule has 3 N–H and O–H groups in total. The lowest BCUT2D eigenvalue weighted by atomic mass is 10.1. The molecule has 0 spiro atoms. The van der Waals surface area contributed by atoms with E-state index in [9.17, 15) is 9.59 Å². The number of benzene rings is 1. The summed E-state index contributed by atoms with van der Waals surface area (Å²) in [6.07, 6.45) is -0.217. The average molecular weight is 217 g/mol. The van der Waals surface area contributed by atoms with E-state index in [1.807, 2.05) is 0 Å². The van der Waals surface area contributed by atoms with Gasteiger partial charge in [0.1, 0.15) is 6.42 Å². The maximum Gasteiger partial charge on any atom is 0.240 e. The van der Waals surface area contributed by atoms with E-state index >= 15 is 0 Å². The van der Waals surface area contributed by atoms with E-state index < -0.39 is 11.8 Å². The van der Waals surface area contributed by atoms with Crippen molar-refractivity contribution in [3.8, 4) is 6.07 Å². The van der Waals surface area contributed by atoms with Gasteiger partial charge >= 0.3 is 0 Å². The van der Waals surface area contributed by atoms with Crippen molar-refractivity contribution in [3.63, 3.8) is 0 Å². The molecule has 0 aromatic heterocycles. The number of nitrogens with one attached hydrogen (secondary N) is 1. The molecule has 0 aliphatic rings. The van der Waals surface area contributed by atoms with Crippen LogP contribution in [-0.4, -0.2) is 11.8 Å². The molecule has 0 fully saturated rings. The Kier molecular flexibility index (Phi) is 4.04. The van der Waals surface area contributed by atoms with Crippen LogP contribution in [0, 0.1) is 11.3 Å². The van der Waals surface area contributed by atoms with Crippen molar-refractivity contribution in [2.24, 2.45) is 0 Å². The summed E-state index contributed by atoms with van der Waals surface area (Å²) in [5.74, 6) is -1.01.